The Morgan fingerprint density at radius 1 is 1.28 bits per heavy atom. The second-order valence-electron chi connectivity index (χ2n) is 6.83. The number of nitrogens with zero attached hydrogens (tertiary/aromatic N) is 2. The molecule has 25 heavy (non-hydrogen) atoms. The van der Waals surface area contributed by atoms with Gasteiger partial charge in [-0.1, -0.05) is 13.0 Å². The van der Waals surface area contributed by atoms with Crippen LogP contribution < -0.4 is 0 Å². The second-order valence-corrected chi connectivity index (χ2v) is 6.83. The number of aromatic nitrogens is 1. The van der Waals surface area contributed by atoms with Gasteiger partial charge in [-0.3, -0.25) is 14.2 Å². The molecule has 0 bridgehead atoms. The Balaban J connectivity index is 1.73. The molecule has 0 saturated carbocycles. The van der Waals surface area contributed by atoms with Crippen molar-refractivity contribution in [3.63, 3.8) is 0 Å². The van der Waals surface area contributed by atoms with Gasteiger partial charge in [-0.2, -0.15) is 0 Å². The topological polar surface area (TPSA) is 51.5 Å². The van der Waals surface area contributed by atoms with Gasteiger partial charge in [0.1, 0.15) is 0 Å². The summed E-state index contributed by atoms with van der Waals surface area (Å²) in [5, 5.41) is 1.07. The van der Waals surface area contributed by atoms with Crippen LogP contribution in [0.15, 0.2) is 30.5 Å². The lowest BCUT2D eigenvalue weighted by molar-refractivity contribution is -0.131. The first-order valence-electron chi connectivity index (χ1n) is 9.05. The molecule has 5 heteroatoms. The van der Waals surface area contributed by atoms with Crippen molar-refractivity contribution in [1.29, 1.82) is 0 Å². The molecule has 0 radical (unpaired) electrons. The lowest BCUT2D eigenvalue weighted by Crippen LogP contribution is -2.36. The van der Waals surface area contributed by atoms with Crippen LogP contribution >= 0.6 is 0 Å². The molecular weight excluding hydrogens is 316 g/mol. The van der Waals surface area contributed by atoms with Gasteiger partial charge in [0.25, 0.3) is 0 Å². The first-order chi connectivity index (χ1) is 12.1. The Morgan fingerprint density at radius 3 is 2.88 bits per heavy atom. The number of rotatable bonds is 4. The van der Waals surface area contributed by atoms with Crippen LogP contribution in [0.1, 0.15) is 37.0 Å². The Bertz CT molecular complexity index is 765. The van der Waals surface area contributed by atoms with Crippen molar-refractivity contribution in [2.24, 2.45) is 5.92 Å². The molecule has 1 aromatic carbocycles. The van der Waals surface area contributed by atoms with Crippen LogP contribution in [0.2, 0.25) is 0 Å². The molecule has 1 fully saturated rings. The molecule has 3 rings (SSSR count). The van der Waals surface area contributed by atoms with Crippen molar-refractivity contribution in [3.8, 4) is 0 Å². The van der Waals surface area contributed by atoms with Crippen LogP contribution in [0.5, 0.6) is 0 Å². The Kier molecular flexibility index (Phi) is 5.53. The highest BCUT2D eigenvalue weighted by Crippen LogP contribution is 2.21. The van der Waals surface area contributed by atoms with E-state index in [4.69, 9.17) is 4.74 Å². The highest BCUT2D eigenvalue weighted by Gasteiger charge is 2.22. The molecular formula is C20H26N2O3. The summed E-state index contributed by atoms with van der Waals surface area (Å²) in [6.45, 7) is 6.35. The van der Waals surface area contributed by atoms with Gasteiger partial charge < -0.3 is 9.64 Å². The molecule has 1 aliphatic heterocycles. The average Bonchev–Trinajstić information content (AvgIpc) is 2.86. The number of carbonyl (C=O) groups is 2. The van der Waals surface area contributed by atoms with Gasteiger partial charge in [0.2, 0.25) is 11.8 Å². The van der Waals surface area contributed by atoms with Gasteiger partial charge in [-0.05, 0) is 36.6 Å². The van der Waals surface area contributed by atoms with E-state index in [0.29, 0.717) is 32.1 Å². The molecule has 0 aliphatic carbocycles. The van der Waals surface area contributed by atoms with Gasteiger partial charge in [0, 0.05) is 43.9 Å². The summed E-state index contributed by atoms with van der Waals surface area (Å²) in [6, 6.07) is 8.19. The Hall–Kier alpha value is -2.14. The van der Waals surface area contributed by atoms with E-state index < -0.39 is 0 Å². The summed E-state index contributed by atoms with van der Waals surface area (Å²) in [4.78, 5) is 25.8. The first-order valence-corrected chi connectivity index (χ1v) is 9.05. The maximum Gasteiger partial charge on any atom is 0.227 e. The lowest BCUT2D eigenvalue weighted by atomic mass is 9.98. The molecule has 0 unspecified atom stereocenters. The Labute approximate surface area is 148 Å². The average molecular weight is 342 g/mol. The summed E-state index contributed by atoms with van der Waals surface area (Å²) in [5.74, 6) is 0.549. The summed E-state index contributed by atoms with van der Waals surface area (Å²) in [7, 11) is 0. The summed E-state index contributed by atoms with van der Waals surface area (Å²) < 4.78 is 7.38. The predicted octanol–water partition coefficient (Wildman–Crippen LogP) is 3.12. The molecule has 0 spiro atoms. The molecule has 2 aromatic rings. The molecule has 1 amide bonds. The maximum atomic E-state index is 12.2. The van der Waals surface area contributed by atoms with Crippen molar-refractivity contribution in [2.75, 3.05) is 26.3 Å². The van der Waals surface area contributed by atoms with Gasteiger partial charge >= 0.3 is 0 Å². The number of fused-ring (bicyclic) bond motifs is 1. The number of hydrogen-bond acceptors (Lipinski definition) is 3. The Morgan fingerprint density at radius 2 is 2.12 bits per heavy atom. The first kappa shape index (κ1) is 17.7. The van der Waals surface area contributed by atoms with E-state index in [-0.39, 0.29) is 11.8 Å². The van der Waals surface area contributed by atoms with Crippen LogP contribution in [0.4, 0.5) is 0 Å². The van der Waals surface area contributed by atoms with Gasteiger partial charge in [0.15, 0.2) is 0 Å². The highest BCUT2D eigenvalue weighted by molar-refractivity contribution is 5.91. The van der Waals surface area contributed by atoms with Crippen molar-refractivity contribution in [2.45, 2.75) is 33.1 Å². The van der Waals surface area contributed by atoms with Crippen molar-refractivity contribution >= 4 is 22.7 Å². The number of carbonyl (C=O) groups excluding carboxylic acids is 2. The smallest absolute Gasteiger partial charge is 0.227 e. The summed E-state index contributed by atoms with van der Waals surface area (Å²) >= 11 is 0. The van der Waals surface area contributed by atoms with Crippen LogP contribution in [0, 0.1) is 5.92 Å². The predicted molar refractivity (Wildman–Crippen MR) is 97.7 cm³/mol. The quantitative estimate of drug-likeness (QED) is 0.858. The molecule has 1 aromatic heterocycles. The van der Waals surface area contributed by atoms with E-state index in [9.17, 15) is 9.59 Å². The zero-order valence-electron chi connectivity index (χ0n) is 15.0. The van der Waals surface area contributed by atoms with Crippen LogP contribution in [-0.2, 0) is 16.0 Å². The van der Waals surface area contributed by atoms with Crippen LogP contribution in [0.3, 0.4) is 0 Å². The third-order valence-electron chi connectivity index (χ3n) is 4.77. The van der Waals surface area contributed by atoms with Crippen molar-refractivity contribution in [3.05, 3.63) is 36.0 Å². The lowest BCUT2D eigenvalue weighted by Gasteiger charge is -2.23. The summed E-state index contributed by atoms with van der Waals surface area (Å²) in [5.41, 5.74) is 2.15. The van der Waals surface area contributed by atoms with Gasteiger partial charge in [-0.25, -0.2) is 0 Å². The van der Waals surface area contributed by atoms with E-state index in [0.717, 1.165) is 30.3 Å². The number of amides is 1. The fourth-order valence-electron chi connectivity index (χ4n) is 3.53. The number of benzene rings is 1. The van der Waals surface area contributed by atoms with E-state index in [1.54, 1.807) is 11.5 Å². The molecule has 1 aliphatic rings. The highest BCUT2D eigenvalue weighted by atomic mass is 16.5. The van der Waals surface area contributed by atoms with Crippen molar-refractivity contribution in [1.82, 2.24) is 9.47 Å². The number of hydrogen-bond donors (Lipinski definition) is 0. The van der Waals surface area contributed by atoms with Crippen LogP contribution in [-0.4, -0.2) is 47.6 Å². The summed E-state index contributed by atoms with van der Waals surface area (Å²) in [6.07, 6.45) is 4.18. The van der Waals surface area contributed by atoms with E-state index in [2.05, 4.69) is 12.1 Å². The molecule has 134 valence electrons. The monoisotopic (exact) mass is 342 g/mol. The minimum atomic E-state index is 0.0185. The number of ether oxygens (including phenoxy) is 1. The van der Waals surface area contributed by atoms with Crippen molar-refractivity contribution < 1.29 is 14.3 Å². The standard InChI is InChI=1S/C20H26N2O3/c1-3-4-20(24)21-9-10-25-14-17(13-21)11-16-5-6-19-18(12-16)7-8-22(19)15(2)23/h5-8,12,17H,3-4,9-11,13-14H2,1-2H3/t17-/m0/s1. The van der Waals surface area contributed by atoms with E-state index in [1.807, 2.05) is 30.2 Å². The third-order valence-corrected chi connectivity index (χ3v) is 4.77. The minimum Gasteiger partial charge on any atom is -0.379 e. The molecule has 1 saturated heterocycles. The molecule has 0 N–H and O–H groups in total. The van der Waals surface area contributed by atoms with Gasteiger partial charge in [-0.15, -0.1) is 0 Å². The minimum absolute atomic E-state index is 0.0185. The van der Waals surface area contributed by atoms with E-state index in [1.165, 1.54) is 5.56 Å². The zero-order chi connectivity index (χ0) is 17.8. The SMILES string of the molecule is CCCC(=O)N1CCOC[C@@H](Cc2ccc3c(ccn3C(C)=O)c2)C1. The van der Waals surface area contributed by atoms with Crippen LogP contribution in [0.25, 0.3) is 10.9 Å². The van der Waals surface area contributed by atoms with Gasteiger partial charge in [0.05, 0.1) is 18.7 Å². The second kappa shape index (κ2) is 7.83. The fraction of sp³-hybridized carbons (Fsp3) is 0.500. The molecule has 5 nitrogen and oxygen atoms in total. The third kappa shape index (κ3) is 4.10. The maximum absolute atomic E-state index is 12.2. The molecule has 2 heterocycles. The molecule has 1 atom stereocenters. The largest absolute Gasteiger partial charge is 0.379 e. The fourth-order valence-corrected chi connectivity index (χ4v) is 3.53. The zero-order valence-corrected chi connectivity index (χ0v) is 15.0. The normalized spacial score (nSPS) is 18.3. The van der Waals surface area contributed by atoms with E-state index >= 15 is 0 Å².